The van der Waals surface area contributed by atoms with Gasteiger partial charge < -0.3 is 47.5 Å². The van der Waals surface area contributed by atoms with Crippen LogP contribution in [0.2, 0.25) is 0 Å². The number of ether oxygens (including phenoxy) is 1. The molecule has 0 fully saturated rings. The number of benzene rings is 2. The third-order valence-corrected chi connectivity index (χ3v) is 7.42. The van der Waals surface area contributed by atoms with Gasteiger partial charge >= 0.3 is 18.2 Å². The van der Waals surface area contributed by atoms with Crippen LogP contribution in [0.15, 0.2) is 85.2 Å². The number of urea groups is 1. The number of nitrogens with two attached hydrogens (primary N) is 1. The van der Waals surface area contributed by atoms with Gasteiger partial charge in [0.05, 0.1) is 11.4 Å². The fourth-order valence-electron chi connectivity index (χ4n) is 4.77. The summed E-state index contributed by atoms with van der Waals surface area (Å²) in [5.41, 5.74) is 10.4. The van der Waals surface area contributed by atoms with Gasteiger partial charge in [0.1, 0.15) is 5.60 Å². The molecular formula is C39H53N9O5. The van der Waals surface area contributed by atoms with Gasteiger partial charge in [-0.05, 0) is 99.7 Å². The molecule has 2 heterocycles. The van der Waals surface area contributed by atoms with E-state index in [0.29, 0.717) is 49.1 Å². The molecule has 2 aromatic carbocycles. The van der Waals surface area contributed by atoms with Crippen molar-refractivity contribution in [2.24, 2.45) is 0 Å². The van der Waals surface area contributed by atoms with Gasteiger partial charge in [0.25, 0.3) is 0 Å². The van der Waals surface area contributed by atoms with Crippen molar-refractivity contribution in [3.63, 3.8) is 0 Å². The van der Waals surface area contributed by atoms with Gasteiger partial charge in [-0.1, -0.05) is 50.5 Å². The van der Waals surface area contributed by atoms with Crippen molar-refractivity contribution in [2.75, 3.05) is 41.3 Å². The third-order valence-electron chi connectivity index (χ3n) is 7.42. The number of hydrogen-bond acceptors (Lipinski definition) is 9. The Labute approximate surface area is 311 Å². The molecule has 0 aliphatic heterocycles. The first-order chi connectivity index (χ1) is 25.4. The molecule has 4 rings (SSSR count). The number of nitrogens with one attached hydrogen (secondary N) is 6. The predicted octanol–water partition coefficient (Wildman–Crippen LogP) is 7.81. The Morgan fingerprint density at radius 1 is 0.717 bits per heavy atom. The lowest BCUT2D eigenvalue weighted by molar-refractivity contribution is 0.0528. The number of anilines is 6. The number of nitrogens with zero attached hydrogens (tertiary/aromatic N) is 2. The van der Waals surface area contributed by atoms with Crippen LogP contribution in [0.5, 0.6) is 0 Å². The molecule has 0 aliphatic rings. The van der Waals surface area contributed by atoms with Crippen LogP contribution in [-0.2, 0) is 17.6 Å². The maximum absolute atomic E-state index is 12.1. The topological polar surface area (TPSA) is 205 Å². The summed E-state index contributed by atoms with van der Waals surface area (Å²) in [6.07, 6.45) is 7.68. The van der Waals surface area contributed by atoms with Crippen molar-refractivity contribution in [1.29, 1.82) is 0 Å². The highest BCUT2D eigenvalue weighted by Gasteiger charge is 2.15. The number of carboxylic acid groups (broad SMARTS) is 1. The van der Waals surface area contributed by atoms with E-state index < -0.39 is 17.8 Å². The summed E-state index contributed by atoms with van der Waals surface area (Å²) in [4.78, 5) is 42.7. The number of carbonyl (C=O) groups is 3. The van der Waals surface area contributed by atoms with Gasteiger partial charge in [-0.2, -0.15) is 0 Å². The summed E-state index contributed by atoms with van der Waals surface area (Å²) in [6.45, 7) is 9.21. The molecule has 0 bridgehead atoms. The van der Waals surface area contributed by atoms with E-state index in [4.69, 9.17) is 15.6 Å². The van der Waals surface area contributed by atoms with Crippen LogP contribution < -0.4 is 37.6 Å². The van der Waals surface area contributed by atoms with Crippen molar-refractivity contribution >= 4 is 52.6 Å². The van der Waals surface area contributed by atoms with Gasteiger partial charge in [0.15, 0.2) is 11.6 Å². The number of pyridine rings is 2. The Bertz CT molecular complexity index is 1710. The summed E-state index contributed by atoms with van der Waals surface area (Å²) < 4.78 is 5.19. The molecule has 4 amide bonds. The first kappa shape index (κ1) is 41.4. The van der Waals surface area contributed by atoms with Crippen LogP contribution >= 0.6 is 0 Å². The second kappa shape index (κ2) is 22.0. The van der Waals surface area contributed by atoms with E-state index in [1.165, 1.54) is 6.42 Å². The summed E-state index contributed by atoms with van der Waals surface area (Å²) in [7, 11) is 0. The van der Waals surface area contributed by atoms with Crippen LogP contribution in [-0.4, -0.2) is 58.5 Å². The molecule has 14 nitrogen and oxygen atoms in total. The number of hydrogen-bond donors (Lipinski definition) is 8. The van der Waals surface area contributed by atoms with E-state index in [9.17, 15) is 14.4 Å². The fourth-order valence-corrected chi connectivity index (χ4v) is 4.77. The highest BCUT2D eigenvalue weighted by Crippen LogP contribution is 2.23. The van der Waals surface area contributed by atoms with E-state index >= 15 is 0 Å². The average molecular weight is 728 g/mol. The first-order valence-corrected chi connectivity index (χ1v) is 17.8. The summed E-state index contributed by atoms with van der Waals surface area (Å²) in [5.74, 6) is 1.19. The first-order valence-electron chi connectivity index (χ1n) is 17.8. The predicted molar refractivity (Wildman–Crippen MR) is 211 cm³/mol. The van der Waals surface area contributed by atoms with E-state index in [1.54, 1.807) is 36.7 Å². The lowest BCUT2D eigenvalue weighted by Crippen LogP contribution is -2.33. The third kappa shape index (κ3) is 17.1. The van der Waals surface area contributed by atoms with Gasteiger partial charge in [-0.3, -0.25) is 0 Å². The van der Waals surface area contributed by atoms with Crippen LogP contribution in [0.25, 0.3) is 0 Å². The van der Waals surface area contributed by atoms with E-state index in [1.807, 2.05) is 69.3 Å². The van der Waals surface area contributed by atoms with Crippen molar-refractivity contribution < 1.29 is 24.2 Å². The lowest BCUT2D eigenvalue weighted by atomic mass is 10.1. The zero-order chi connectivity index (χ0) is 38.5. The smallest absolute Gasteiger partial charge is 0.407 e. The Balaban J connectivity index is 0.000000290. The Morgan fingerprint density at radius 2 is 1.28 bits per heavy atom. The Hall–Kier alpha value is -6.05. The monoisotopic (exact) mass is 727 g/mol. The molecule has 9 N–H and O–H groups in total. The van der Waals surface area contributed by atoms with Crippen LogP contribution in [0, 0.1) is 0 Å². The summed E-state index contributed by atoms with van der Waals surface area (Å²) in [6, 6.07) is 22.4. The molecule has 14 heteroatoms. The van der Waals surface area contributed by atoms with Crippen LogP contribution in [0.1, 0.15) is 64.5 Å². The Kier molecular flexibility index (Phi) is 17.2. The van der Waals surface area contributed by atoms with Crippen LogP contribution in [0.3, 0.4) is 0 Å². The maximum atomic E-state index is 12.1. The molecule has 53 heavy (non-hydrogen) atoms. The van der Waals surface area contributed by atoms with Gasteiger partial charge in [-0.25, -0.2) is 24.4 Å². The molecule has 0 saturated carbocycles. The van der Waals surface area contributed by atoms with Crippen molar-refractivity contribution in [1.82, 2.24) is 25.9 Å². The maximum Gasteiger partial charge on any atom is 0.407 e. The number of carbonyl (C=O) groups excluding carboxylic acids is 2. The normalized spacial score (nSPS) is 10.6. The lowest BCUT2D eigenvalue weighted by Gasteiger charge is -2.19. The minimum atomic E-state index is -1.02. The zero-order valence-electron chi connectivity index (χ0n) is 31.0. The molecular weight excluding hydrogens is 674 g/mol. The minimum absolute atomic E-state index is 0.251. The number of aromatic nitrogens is 2. The fraction of sp³-hybridized carbons (Fsp3) is 0.359. The van der Waals surface area contributed by atoms with Gasteiger partial charge in [-0.15, -0.1) is 0 Å². The van der Waals surface area contributed by atoms with Gasteiger partial charge in [0.2, 0.25) is 0 Å². The largest absolute Gasteiger partial charge is 0.465 e. The zero-order valence-corrected chi connectivity index (χ0v) is 31.0. The van der Waals surface area contributed by atoms with Crippen molar-refractivity contribution in [3.8, 4) is 0 Å². The quantitative estimate of drug-likeness (QED) is 0.0526. The summed E-state index contributed by atoms with van der Waals surface area (Å²) in [5, 5.41) is 25.8. The molecule has 2 aromatic heterocycles. The van der Waals surface area contributed by atoms with Crippen LogP contribution in [0.4, 0.5) is 48.8 Å². The Morgan fingerprint density at radius 3 is 1.85 bits per heavy atom. The standard InChI is InChI=1S/C21H29N5O3.C18H24N4O2/c1-2-3-4-5-13-23-20(27)26-18-7-6-14-22-19(18)25-17-10-8-16(9-11-17)12-15-24-21(28)29;1-18(2,3)24-17(23)21-12-10-13-6-8-14(9-7-13)22-16-15(19)5-4-11-20-16/h6-11,14,24H,2-5,12-13,15H2,1H3,(H,22,25)(H,28,29)(H2,23,26,27);4-9,11H,10,12,19H2,1-3H3,(H,20,22)(H,21,23). The van der Waals surface area contributed by atoms with E-state index in [0.717, 1.165) is 48.2 Å². The SMILES string of the molecule is CC(C)(C)OC(=O)NCCc1ccc(Nc2ncccc2N)cc1.CCCCCCNC(=O)Nc1cccnc1Nc1ccc(CCNC(=O)O)cc1. The van der Waals surface area contributed by atoms with Crippen molar-refractivity contribution in [3.05, 3.63) is 96.3 Å². The molecule has 284 valence electrons. The second-order valence-corrected chi connectivity index (χ2v) is 13.1. The molecule has 0 atom stereocenters. The molecule has 0 unspecified atom stereocenters. The highest BCUT2D eigenvalue weighted by atomic mass is 16.6. The molecule has 0 spiro atoms. The van der Waals surface area contributed by atoms with Crippen molar-refractivity contribution in [2.45, 2.75) is 71.8 Å². The molecule has 0 saturated heterocycles. The summed E-state index contributed by atoms with van der Waals surface area (Å²) >= 11 is 0. The minimum Gasteiger partial charge on any atom is -0.465 e. The number of alkyl carbamates (subject to hydrolysis) is 1. The average Bonchev–Trinajstić information content (AvgIpc) is 3.11. The second-order valence-electron chi connectivity index (χ2n) is 13.1. The molecule has 0 aliphatic carbocycles. The molecule has 4 aromatic rings. The number of rotatable bonds is 16. The number of unbranched alkanes of at least 4 members (excludes halogenated alkanes) is 3. The number of amides is 4. The van der Waals surface area contributed by atoms with E-state index in [-0.39, 0.29) is 6.03 Å². The van der Waals surface area contributed by atoms with E-state index in [2.05, 4.69) is 48.8 Å². The van der Waals surface area contributed by atoms with Gasteiger partial charge in [0, 0.05) is 43.4 Å². The highest BCUT2D eigenvalue weighted by molar-refractivity contribution is 5.92. The molecule has 0 radical (unpaired) electrons. The number of nitrogen functional groups attached to an aromatic ring is 1.